The molecule has 0 bridgehead atoms. The van der Waals surface area contributed by atoms with Crippen LogP contribution in [0.5, 0.6) is 5.75 Å². The van der Waals surface area contributed by atoms with Gasteiger partial charge in [0.2, 0.25) is 0 Å². The number of nitrogens with one attached hydrogen (secondary N) is 1. The fourth-order valence-corrected chi connectivity index (χ4v) is 2.03. The van der Waals surface area contributed by atoms with Crippen LogP contribution in [0, 0.1) is 0 Å². The van der Waals surface area contributed by atoms with Gasteiger partial charge in [0.15, 0.2) is 0 Å². The van der Waals surface area contributed by atoms with Crippen LogP contribution < -0.4 is 10.1 Å². The van der Waals surface area contributed by atoms with Gasteiger partial charge in [0.1, 0.15) is 17.9 Å². The summed E-state index contributed by atoms with van der Waals surface area (Å²) in [5, 5.41) is 3.70. The third-order valence-corrected chi connectivity index (χ3v) is 2.91. The molecular formula is C12H15Cl2NO3. The van der Waals surface area contributed by atoms with Gasteiger partial charge in [0.05, 0.1) is 7.11 Å². The van der Waals surface area contributed by atoms with E-state index < -0.39 is 0 Å². The first-order chi connectivity index (χ1) is 8.19. The second kappa shape index (κ2) is 6.83. The lowest BCUT2D eigenvalue weighted by molar-refractivity contribution is -0.142. The van der Waals surface area contributed by atoms with Gasteiger partial charge in [-0.3, -0.25) is 4.79 Å². The van der Waals surface area contributed by atoms with Crippen LogP contribution >= 0.6 is 24.0 Å². The Balaban J connectivity index is 0.00000162. The average molecular weight is 292 g/mol. The molecule has 1 aliphatic heterocycles. The van der Waals surface area contributed by atoms with E-state index in [0.29, 0.717) is 18.0 Å². The van der Waals surface area contributed by atoms with E-state index in [1.807, 2.05) is 12.1 Å². The number of carbonyl (C=O) groups excluding carboxylic acids is 1. The Kier molecular flexibility index (Phi) is 5.72. The molecule has 0 unspecified atom stereocenters. The molecule has 1 saturated heterocycles. The number of benzene rings is 1. The molecule has 1 N–H and O–H groups in total. The number of carbonyl (C=O) groups is 1. The number of halogens is 2. The standard InChI is InChI=1S/C12H14ClNO3.ClH/c1-16-12(15)11-6-10(7-14-11)17-9-4-2-3-8(13)5-9;/h2-5,10-11,14H,6-7H2,1H3;1H/t10-,11-;/m0./s1. The minimum Gasteiger partial charge on any atom is -0.489 e. The fraction of sp³-hybridized carbons (Fsp3) is 0.417. The lowest BCUT2D eigenvalue weighted by Crippen LogP contribution is -2.31. The summed E-state index contributed by atoms with van der Waals surface area (Å²) in [7, 11) is 1.38. The monoisotopic (exact) mass is 291 g/mol. The number of hydrogen-bond donors (Lipinski definition) is 1. The highest BCUT2D eigenvalue weighted by Crippen LogP contribution is 2.21. The molecule has 1 heterocycles. The quantitative estimate of drug-likeness (QED) is 0.866. The molecule has 0 spiro atoms. The zero-order valence-electron chi connectivity index (χ0n) is 9.89. The van der Waals surface area contributed by atoms with E-state index in [9.17, 15) is 4.79 Å². The normalized spacial score (nSPS) is 22.1. The molecule has 2 atom stereocenters. The topological polar surface area (TPSA) is 47.6 Å². The second-order valence-corrected chi connectivity index (χ2v) is 4.35. The van der Waals surface area contributed by atoms with Gasteiger partial charge in [0, 0.05) is 18.0 Å². The van der Waals surface area contributed by atoms with Crippen molar-refractivity contribution in [3.8, 4) is 5.75 Å². The number of hydrogen-bond acceptors (Lipinski definition) is 4. The predicted octanol–water partition coefficient (Wildman–Crippen LogP) is 2.04. The van der Waals surface area contributed by atoms with E-state index in [-0.39, 0.29) is 30.5 Å². The summed E-state index contributed by atoms with van der Waals surface area (Å²) < 4.78 is 10.4. The molecule has 1 aliphatic rings. The lowest BCUT2D eigenvalue weighted by atomic mass is 10.2. The minimum absolute atomic E-state index is 0. The van der Waals surface area contributed by atoms with Gasteiger partial charge in [0.25, 0.3) is 0 Å². The zero-order chi connectivity index (χ0) is 12.3. The molecule has 0 aromatic heterocycles. The molecule has 18 heavy (non-hydrogen) atoms. The van der Waals surface area contributed by atoms with Gasteiger partial charge < -0.3 is 14.8 Å². The number of esters is 1. The lowest BCUT2D eigenvalue weighted by Gasteiger charge is -2.12. The van der Waals surface area contributed by atoms with Gasteiger partial charge in [-0.2, -0.15) is 0 Å². The van der Waals surface area contributed by atoms with Crippen molar-refractivity contribution in [3.63, 3.8) is 0 Å². The summed E-state index contributed by atoms with van der Waals surface area (Å²) >= 11 is 5.86. The third kappa shape index (κ3) is 3.77. The summed E-state index contributed by atoms with van der Waals surface area (Å²) in [5.74, 6) is 0.469. The summed E-state index contributed by atoms with van der Waals surface area (Å²) in [6, 6.07) is 6.95. The van der Waals surface area contributed by atoms with E-state index in [2.05, 4.69) is 10.1 Å². The Hall–Kier alpha value is -0.970. The summed E-state index contributed by atoms with van der Waals surface area (Å²) in [4.78, 5) is 11.3. The van der Waals surface area contributed by atoms with Crippen LogP contribution in [0.25, 0.3) is 0 Å². The molecule has 4 nitrogen and oxygen atoms in total. The molecule has 100 valence electrons. The summed E-state index contributed by atoms with van der Waals surface area (Å²) in [6.45, 7) is 0.631. The first-order valence-corrected chi connectivity index (χ1v) is 5.80. The van der Waals surface area contributed by atoms with E-state index in [1.54, 1.807) is 12.1 Å². The molecule has 0 aliphatic carbocycles. The predicted molar refractivity (Wildman–Crippen MR) is 71.5 cm³/mol. The van der Waals surface area contributed by atoms with Crippen molar-refractivity contribution in [1.29, 1.82) is 0 Å². The van der Waals surface area contributed by atoms with Gasteiger partial charge in [-0.25, -0.2) is 0 Å². The van der Waals surface area contributed by atoms with Crippen molar-refractivity contribution in [2.75, 3.05) is 13.7 Å². The van der Waals surface area contributed by atoms with Crippen molar-refractivity contribution in [1.82, 2.24) is 5.32 Å². The maximum absolute atomic E-state index is 11.3. The zero-order valence-corrected chi connectivity index (χ0v) is 11.5. The SMILES string of the molecule is COC(=O)[C@@H]1C[C@H](Oc2cccc(Cl)c2)CN1.Cl. The molecule has 6 heteroatoms. The Morgan fingerprint density at radius 2 is 2.28 bits per heavy atom. The molecule has 1 fully saturated rings. The van der Waals surface area contributed by atoms with Crippen LogP contribution in [0.2, 0.25) is 5.02 Å². The fourth-order valence-electron chi connectivity index (χ4n) is 1.85. The highest BCUT2D eigenvalue weighted by atomic mass is 35.5. The number of methoxy groups -OCH3 is 1. The van der Waals surface area contributed by atoms with Crippen LogP contribution in [0.3, 0.4) is 0 Å². The van der Waals surface area contributed by atoms with Crippen LogP contribution in [0.4, 0.5) is 0 Å². The van der Waals surface area contributed by atoms with Crippen molar-refractivity contribution in [3.05, 3.63) is 29.3 Å². The highest BCUT2D eigenvalue weighted by molar-refractivity contribution is 6.30. The van der Waals surface area contributed by atoms with Crippen LogP contribution in [0.1, 0.15) is 6.42 Å². The molecular weight excluding hydrogens is 277 g/mol. The first-order valence-electron chi connectivity index (χ1n) is 5.42. The first kappa shape index (κ1) is 15.1. The van der Waals surface area contributed by atoms with Crippen molar-refractivity contribution >= 4 is 30.0 Å². The maximum atomic E-state index is 11.3. The largest absolute Gasteiger partial charge is 0.489 e. The minimum atomic E-state index is -0.274. The molecule has 0 amide bonds. The number of ether oxygens (including phenoxy) is 2. The van der Waals surface area contributed by atoms with Gasteiger partial charge in [-0.05, 0) is 18.2 Å². The Bertz CT molecular complexity index is 414. The third-order valence-electron chi connectivity index (χ3n) is 2.68. The Labute approximate surface area is 117 Å². The summed E-state index contributed by atoms with van der Waals surface area (Å²) in [5.41, 5.74) is 0. The molecule has 1 aromatic rings. The van der Waals surface area contributed by atoms with E-state index in [4.69, 9.17) is 16.3 Å². The summed E-state index contributed by atoms with van der Waals surface area (Å²) in [6.07, 6.45) is 0.580. The van der Waals surface area contributed by atoms with Gasteiger partial charge in [-0.1, -0.05) is 17.7 Å². The highest BCUT2D eigenvalue weighted by Gasteiger charge is 2.31. The van der Waals surface area contributed by atoms with E-state index >= 15 is 0 Å². The van der Waals surface area contributed by atoms with Crippen LogP contribution in [-0.2, 0) is 9.53 Å². The van der Waals surface area contributed by atoms with Crippen molar-refractivity contribution in [2.45, 2.75) is 18.6 Å². The van der Waals surface area contributed by atoms with Crippen LogP contribution in [-0.4, -0.2) is 31.8 Å². The Morgan fingerprint density at radius 1 is 1.50 bits per heavy atom. The van der Waals surface area contributed by atoms with E-state index in [1.165, 1.54) is 7.11 Å². The average Bonchev–Trinajstić information content (AvgIpc) is 2.76. The number of rotatable bonds is 3. The van der Waals surface area contributed by atoms with Crippen molar-refractivity contribution < 1.29 is 14.3 Å². The van der Waals surface area contributed by atoms with E-state index in [0.717, 1.165) is 5.75 Å². The molecule has 1 aromatic carbocycles. The van der Waals surface area contributed by atoms with Crippen LogP contribution in [0.15, 0.2) is 24.3 Å². The molecule has 0 saturated carbocycles. The van der Waals surface area contributed by atoms with Gasteiger partial charge >= 0.3 is 5.97 Å². The second-order valence-electron chi connectivity index (χ2n) is 3.92. The smallest absolute Gasteiger partial charge is 0.323 e. The molecule has 0 radical (unpaired) electrons. The Morgan fingerprint density at radius 3 is 2.94 bits per heavy atom. The maximum Gasteiger partial charge on any atom is 0.323 e. The van der Waals surface area contributed by atoms with Crippen molar-refractivity contribution in [2.24, 2.45) is 0 Å². The van der Waals surface area contributed by atoms with Gasteiger partial charge in [-0.15, -0.1) is 12.4 Å². The molecule has 2 rings (SSSR count).